The van der Waals surface area contributed by atoms with Crippen LogP contribution in [0.2, 0.25) is 0 Å². The van der Waals surface area contributed by atoms with Crippen LogP contribution in [-0.4, -0.2) is 11.8 Å². The largest absolute Gasteiger partial charge is 0.452 e. The van der Waals surface area contributed by atoms with Gasteiger partial charge in [0.05, 0.1) is 11.5 Å². The number of Topliss-reactive ketones (excluding diaryl/α,β-unsaturated/α-hetero) is 1. The monoisotopic (exact) mass is 440 g/mol. The van der Waals surface area contributed by atoms with Crippen LogP contribution in [-0.2, 0) is 4.79 Å². The quantitative estimate of drug-likeness (QED) is 0.340. The van der Waals surface area contributed by atoms with E-state index in [2.05, 4.69) is 15.9 Å². The fraction of sp³-hybridized carbons (Fsp3) is 0.304. The molecule has 1 heterocycles. The molecule has 2 aromatic rings. The summed E-state index contributed by atoms with van der Waals surface area (Å²) in [6.07, 6.45) is 6.82. The van der Waals surface area contributed by atoms with Gasteiger partial charge in [-0.25, -0.2) is 0 Å². The van der Waals surface area contributed by atoms with Crippen molar-refractivity contribution in [2.24, 2.45) is 5.92 Å². The number of halogens is 1. The van der Waals surface area contributed by atoms with Gasteiger partial charge in [0.1, 0.15) is 11.5 Å². The Morgan fingerprint density at radius 2 is 1.93 bits per heavy atom. The minimum atomic E-state index is -0.188. The summed E-state index contributed by atoms with van der Waals surface area (Å²) in [6, 6.07) is 11.0. The molecule has 0 saturated heterocycles. The van der Waals surface area contributed by atoms with E-state index in [1.165, 1.54) is 6.42 Å². The number of aryl methyl sites for hydroxylation is 1. The van der Waals surface area contributed by atoms with E-state index in [-0.39, 0.29) is 23.4 Å². The van der Waals surface area contributed by atoms with Gasteiger partial charge in [0.2, 0.25) is 5.78 Å². The van der Waals surface area contributed by atoms with Crippen molar-refractivity contribution in [3.8, 4) is 11.5 Å². The molecule has 1 aliphatic heterocycles. The van der Waals surface area contributed by atoms with Crippen molar-refractivity contribution in [1.29, 1.82) is 0 Å². The Bertz CT molecular complexity index is 971. The molecule has 0 aromatic heterocycles. The van der Waals surface area contributed by atoms with Gasteiger partial charge < -0.3 is 9.47 Å². The highest BCUT2D eigenvalue weighted by atomic mass is 79.9. The van der Waals surface area contributed by atoms with Crippen LogP contribution >= 0.6 is 15.9 Å². The van der Waals surface area contributed by atoms with Crippen molar-refractivity contribution < 1.29 is 19.1 Å². The summed E-state index contributed by atoms with van der Waals surface area (Å²) < 4.78 is 12.3. The molecule has 1 saturated carbocycles. The lowest BCUT2D eigenvalue weighted by Gasteiger charge is -2.20. The molecule has 0 bridgehead atoms. The molecule has 28 heavy (non-hydrogen) atoms. The maximum atomic E-state index is 12.8. The minimum Gasteiger partial charge on any atom is -0.452 e. The summed E-state index contributed by atoms with van der Waals surface area (Å²) in [5, 5.41) is 0. The maximum Gasteiger partial charge on any atom is 0.314 e. The van der Waals surface area contributed by atoms with Crippen LogP contribution in [0.1, 0.15) is 53.6 Å². The van der Waals surface area contributed by atoms with E-state index < -0.39 is 0 Å². The average Bonchev–Trinajstić information content (AvgIpc) is 3.00. The Balaban J connectivity index is 1.58. The topological polar surface area (TPSA) is 52.6 Å². The molecule has 144 valence electrons. The molecule has 0 spiro atoms. The second kappa shape index (κ2) is 7.92. The molecular formula is C23H21BrO4. The Morgan fingerprint density at radius 3 is 2.68 bits per heavy atom. The number of allylic oxidation sites excluding steroid dienone is 1. The molecule has 0 radical (unpaired) electrons. The molecule has 1 aliphatic carbocycles. The van der Waals surface area contributed by atoms with Crippen molar-refractivity contribution in [2.75, 3.05) is 0 Å². The van der Waals surface area contributed by atoms with Crippen molar-refractivity contribution in [1.82, 2.24) is 0 Å². The third-order valence-electron chi connectivity index (χ3n) is 5.29. The lowest BCUT2D eigenvalue weighted by molar-refractivity contribution is -0.139. The van der Waals surface area contributed by atoms with Crippen LogP contribution in [0, 0.1) is 12.8 Å². The number of benzene rings is 2. The molecule has 2 aromatic carbocycles. The first-order valence-electron chi connectivity index (χ1n) is 9.58. The van der Waals surface area contributed by atoms with Crippen LogP contribution in [0.15, 0.2) is 46.6 Å². The van der Waals surface area contributed by atoms with Crippen molar-refractivity contribution in [3.63, 3.8) is 0 Å². The van der Waals surface area contributed by atoms with Crippen molar-refractivity contribution in [3.05, 3.63) is 63.3 Å². The Labute approximate surface area is 172 Å². The number of ketones is 1. The summed E-state index contributed by atoms with van der Waals surface area (Å²) in [7, 11) is 0. The molecule has 0 atom stereocenters. The number of carbonyl (C=O) groups is 2. The van der Waals surface area contributed by atoms with Gasteiger partial charge in [-0.1, -0.05) is 53.4 Å². The van der Waals surface area contributed by atoms with Crippen molar-refractivity contribution in [2.45, 2.75) is 39.0 Å². The number of fused-ring (bicyclic) bond motifs is 1. The fourth-order valence-corrected chi connectivity index (χ4v) is 4.21. The minimum absolute atomic E-state index is 0.0317. The first-order valence-corrected chi connectivity index (χ1v) is 10.4. The first kappa shape index (κ1) is 18.9. The van der Waals surface area contributed by atoms with Gasteiger partial charge in [-0.3, -0.25) is 9.59 Å². The van der Waals surface area contributed by atoms with E-state index in [1.54, 1.807) is 18.2 Å². The van der Waals surface area contributed by atoms with Crippen LogP contribution in [0.5, 0.6) is 11.5 Å². The standard InChI is InChI=1S/C23H21BrO4/c1-14-11-17(27-23(26)15-7-3-2-4-8-15)13-19-21(14)22(25)20(28-19)12-16-9-5-6-10-18(16)24/h5-6,9-13,15H,2-4,7-8H2,1H3/b20-12-. The third-order valence-corrected chi connectivity index (χ3v) is 6.01. The number of ether oxygens (including phenoxy) is 2. The zero-order chi connectivity index (χ0) is 19.7. The summed E-state index contributed by atoms with van der Waals surface area (Å²) in [4.78, 5) is 25.2. The van der Waals surface area contributed by atoms with Crippen LogP contribution in [0.3, 0.4) is 0 Å². The van der Waals surface area contributed by atoms with E-state index >= 15 is 0 Å². The van der Waals surface area contributed by atoms with Crippen molar-refractivity contribution >= 4 is 33.8 Å². The van der Waals surface area contributed by atoms with E-state index in [0.29, 0.717) is 17.1 Å². The highest BCUT2D eigenvalue weighted by Gasteiger charge is 2.31. The van der Waals surface area contributed by atoms with Crippen LogP contribution in [0.25, 0.3) is 6.08 Å². The van der Waals surface area contributed by atoms with Gasteiger partial charge >= 0.3 is 5.97 Å². The summed E-state index contributed by atoms with van der Waals surface area (Å²) in [6.45, 7) is 1.83. The molecule has 4 rings (SSSR count). The molecule has 0 unspecified atom stereocenters. The van der Waals surface area contributed by atoms with Crippen LogP contribution in [0.4, 0.5) is 0 Å². The molecule has 2 aliphatic rings. The van der Waals surface area contributed by atoms with E-state index in [4.69, 9.17) is 9.47 Å². The second-order valence-electron chi connectivity index (χ2n) is 7.33. The zero-order valence-electron chi connectivity index (χ0n) is 15.7. The van der Waals surface area contributed by atoms with E-state index in [9.17, 15) is 9.59 Å². The molecule has 4 nitrogen and oxygen atoms in total. The Kier molecular flexibility index (Phi) is 5.36. The predicted molar refractivity (Wildman–Crippen MR) is 110 cm³/mol. The van der Waals surface area contributed by atoms with E-state index in [0.717, 1.165) is 41.3 Å². The molecule has 1 fully saturated rings. The van der Waals surface area contributed by atoms with E-state index in [1.807, 2.05) is 31.2 Å². The number of hydrogen-bond acceptors (Lipinski definition) is 4. The molecular weight excluding hydrogens is 420 g/mol. The highest BCUT2D eigenvalue weighted by Crippen LogP contribution is 2.38. The SMILES string of the molecule is Cc1cc(OC(=O)C2CCCCC2)cc2c1C(=O)/C(=C/c1ccccc1Br)O2. The van der Waals surface area contributed by atoms with Gasteiger partial charge in [0.15, 0.2) is 5.76 Å². The third kappa shape index (κ3) is 3.76. The predicted octanol–water partition coefficient (Wildman–Crippen LogP) is 5.86. The molecule has 0 N–H and O–H groups in total. The van der Waals surface area contributed by atoms with Gasteiger partial charge in [0, 0.05) is 10.5 Å². The smallest absolute Gasteiger partial charge is 0.314 e. The Hall–Kier alpha value is -2.40. The number of rotatable bonds is 3. The zero-order valence-corrected chi connectivity index (χ0v) is 17.3. The number of hydrogen-bond donors (Lipinski definition) is 0. The lowest BCUT2D eigenvalue weighted by atomic mass is 9.89. The fourth-order valence-electron chi connectivity index (χ4n) is 3.81. The van der Waals surface area contributed by atoms with Crippen LogP contribution < -0.4 is 9.47 Å². The normalized spacial score (nSPS) is 18.1. The second-order valence-corrected chi connectivity index (χ2v) is 8.18. The van der Waals surface area contributed by atoms with Gasteiger partial charge in [-0.05, 0) is 49.1 Å². The Morgan fingerprint density at radius 1 is 1.18 bits per heavy atom. The molecule has 5 heteroatoms. The average molecular weight is 441 g/mol. The summed E-state index contributed by atoms with van der Waals surface area (Å²) in [5.74, 6) is 0.758. The van der Waals surface area contributed by atoms with Gasteiger partial charge in [-0.2, -0.15) is 0 Å². The maximum absolute atomic E-state index is 12.8. The summed E-state index contributed by atoms with van der Waals surface area (Å²) in [5.41, 5.74) is 2.13. The van der Waals surface area contributed by atoms with Gasteiger partial charge in [0.25, 0.3) is 0 Å². The first-order chi connectivity index (χ1) is 13.5. The lowest BCUT2D eigenvalue weighted by Crippen LogP contribution is -2.22. The summed E-state index contributed by atoms with van der Waals surface area (Å²) >= 11 is 3.48. The highest BCUT2D eigenvalue weighted by molar-refractivity contribution is 9.10. The van der Waals surface area contributed by atoms with Gasteiger partial charge in [-0.15, -0.1) is 0 Å². The number of esters is 1. The molecule has 0 amide bonds. The number of carbonyl (C=O) groups excluding carboxylic acids is 2.